The lowest BCUT2D eigenvalue weighted by molar-refractivity contribution is -0.126. The molecule has 1 aliphatic heterocycles. The molecule has 0 spiro atoms. The first kappa shape index (κ1) is 20.3. The van der Waals surface area contributed by atoms with Crippen LogP contribution in [0.4, 0.5) is 4.39 Å². The molecule has 28 heavy (non-hydrogen) atoms. The highest BCUT2D eigenvalue weighted by Gasteiger charge is 2.24. The van der Waals surface area contributed by atoms with Crippen LogP contribution in [-0.4, -0.2) is 30.0 Å². The molecule has 0 unspecified atom stereocenters. The monoisotopic (exact) mass is 384 g/mol. The van der Waals surface area contributed by atoms with Gasteiger partial charge in [-0.2, -0.15) is 0 Å². The molecule has 1 amide bonds. The summed E-state index contributed by atoms with van der Waals surface area (Å²) in [6, 6.07) is 14.5. The maximum atomic E-state index is 13.0. The molecule has 0 radical (unpaired) electrons. The van der Waals surface area contributed by atoms with Crippen molar-refractivity contribution in [1.82, 2.24) is 10.2 Å². The number of hydrogen-bond donors (Lipinski definition) is 1. The number of halogens is 1. The highest BCUT2D eigenvalue weighted by atomic mass is 19.1. The van der Waals surface area contributed by atoms with Gasteiger partial charge in [-0.05, 0) is 75.2 Å². The van der Waals surface area contributed by atoms with Crippen LogP contribution in [0.15, 0.2) is 48.5 Å². The van der Waals surface area contributed by atoms with Crippen LogP contribution in [0, 0.1) is 11.7 Å². The molecule has 0 saturated carbocycles. The topological polar surface area (TPSA) is 41.6 Å². The minimum Gasteiger partial charge on any atom is -0.491 e. The third kappa shape index (κ3) is 6.06. The van der Waals surface area contributed by atoms with E-state index >= 15 is 0 Å². The highest BCUT2D eigenvalue weighted by molar-refractivity contribution is 5.78. The lowest BCUT2D eigenvalue weighted by atomic mass is 9.95. The number of piperidine rings is 1. The fourth-order valence-corrected chi connectivity index (χ4v) is 3.54. The first-order valence-corrected chi connectivity index (χ1v) is 9.99. The Morgan fingerprint density at radius 2 is 1.86 bits per heavy atom. The van der Waals surface area contributed by atoms with E-state index in [0.29, 0.717) is 6.54 Å². The molecule has 2 aromatic rings. The predicted molar refractivity (Wildman–Crippen MR) is 108 cm³/mol. The first-order chi connectivity index (χ1) is 13.5. The molecule has 150 valence electrons. The van der Waals surface area contributed by atoms with E-state index in [1.54, 1.807) is 0 Å². The molecular weight excluding hydrogens is 355 g/mol. The van der Waals surface area contributed by atoms with Gasteiger partial charge in [-0.3, -0.25) is 9.69 Å². The van der Waals surface area contributed by atoms with E-state index in [4.69, 9.17) is 4.74 Å². The second-order valence-corrected chi connectivity index (χ2v) is 7.71. The van der Waals surface area contributed by atoms with Crippen molar-refractivity contribution in [2.45, 2.75) is 45.9 Å². The van der Waals surface area contributed by atoms with Gasteiger partial charge in [0.1, 0.15) is 11.6 Å². The summed E-state index contributed by atoms with van der Waals surface area (Å²) in [5, 5.41) is 3.07. The molecule has 1 saturated heterocycles. The van der Waals surface area contributed by atoms with Gasteiger partial charge in [-0.25, -0.2) is 4.39 Å². The number of nitrogens with zero attached hydrogens (tertiary/aromatic N) is 1. The smallest absolute Gasteiger partial charge is 0.223 e. The molecule has 1 fully saturated rings. The summed E-state index contributed by atoms with van der Waals surface area (Å²) < 4.78 is 18.7. The molecule has 4 nitrogen and oxygen atoms in total. The van der Waals surface area contributed by atoms with Crippen molar-refractivity contribution >= 4 is 5.91 Å². The summed E-state index contributed by atoms with van der Waals surface area (Å²) in [6.07, 6.45) is 1.83. The molecular formula is C23H29FN2O2. The van der Waals surface area contributed by atoms with Gasteiger partial charge in [0.05, 0.1) is 6.10 Å². The van der Waals surface area contributed by atoms with Crippen molar-refractivity contribution in [2.24, 2.45) is 5.92 Å². The number of rotatable bonds is 7. The quantitative estimate of drug-likeness (QED) is 0.780. The summed E-state index contributed by atoms with van der Waals surface area (Å²) in [6.45, 7) is 7.08. The Hall–Kier alpha value is -2.40. The number of carbonyl (C=O) groups excluding carboxylic acids is 1. The second-order valence-electron chi connectivity index (χ2n) is 7.71. The fraction of sp³-hybridized carbons (Fsp3) is 0.435. The number of carbonyl (C=O) groups is 1. The minimum absolute atomic E-state index is 0.0552. The molecule has 2 aromatic carbocycles. The Kier molecular flexibility index (Phi) is 7.04. The average Bonchev–Trinajstić information content (AvgIpc) is 2.68. The number of likely N-dealkylation sites (tertiary alicyclic amines) is 1. The molecule has 1 heterocycles. The molecule has 3 rings (SSSR count). The Balaban J connectivity index is 1.43. The Labute approximate surface area is 166 Å². The largest absolute Gasteiger partial charge is 0.491 e. The van der Waals surface area contributed by atoms with E-state index in [1.165, 1.54) is 12.1 Å². The molecule has 0 atom stereocenters. The van der Waals surface area contributed by atoms with Crippen LogP contribution in [0.25, 0.3) is 0 Å². The molecule has 0 bridgehead atoms. The van der Waals surface area contributed by atoms with E-state index in [9.17, 15) is 9.18 Å². The van der Waals surface area contributed by atoms with Gasteiger partial charge in [0.2, 0.25) is 5.91 Å². The van der Waals surface area contributed by atoms with Crippen LogP contribution >= 0.6 is 0 Å². The Bertz CT molecular complexity index is 768. The second kappa shape index (κ2) is 9.69. The number of ether oxygens (including phenoxy) is 1. The molecule has 0 aliphatic carbocycles. The Morgan fingerprint density at radius 1 is 1.14 bits per heavy atom. The lowest BCUT2D eigenvalue weighted by Crippen LogP contribution is -2.40. The number of hydrogen-bond acceptors (Lipinski definition) is 3. The van der Waals surface area contributed by atoms with Crippen LogP contribution in [0.1, 0.15) is 37.8 Å². The standard InChI is InChI=1S/C23H29FN2O2/c1-17(2)28-22-5-3-4-19(14-22)15-25-23(27)20-10-12-26(13-11-20)16-18-6-8-21(24)9-7-18/h3-9,14,17,20H,10-13,15-16H2,1-2H3,(H,25,27). The normalized spacial score (nSPS) is 15.6. The third-order valence-corrected chi connectivity index (χ3v) is 5.01. The predicted octanol–water partition coefficient (Wildman–Crippen LogP) is 4.14. The van der Waals surface area contributed by atoms with Gasteiger partial charge in [0.25, 0.3) is 0 Å². The van der Waals surface area contributed by atoms with E-state index in [1.807, 2.05) is 50.2 Å². The Morgan fingerprint density at radius 3 is 2.54 bits per heavy atom. The van der Waals surface area contributed by atoms with Gasteiger partial charge in [-0.15, -0.1) is 0 Å². The summed E-state index contributed by atoms with van der Waals surface area (Å²) in [4.78, 5) is 14.9. The minimum atomic E-state index is -0.208. The summed E-state index contributed by atoms with van der Waals surface area (Å²) in [5.41, 5.74) is 2.15. The SMILES string of the molecule is CC(C)Oc1cccc(CNC(=O)C2CCN(Cc3ccc(F)cc3)CC2)c1. The van der Waals surface area contributed by atoms with Gasteiger partial charge >= 0.3 is 0 Å². The van der Waals surface area contributed by atoms with E-state index < -0.39 is 0 Å². The average molecular weight is 384 g/mol. The van der Waals surface area contributed by atoms with Gasteiger partial charge < -0.3 is 10.1 Å². The third-order valence-electron chi connectivity index (χ3n) is 5.01. The van der Waals surface area contributed by atoms with Gasteiger partial charge in [0.15, 0.2) is 0 Å². The van der Waals surface area contributed by atoms with Crippen molar-refractivity contribution in [3.05, 3.63) is 65.5 Å². The number of nitrogens with one attached hydrogen (secondary N) is 1. The highest BCUT2D eigenvalue weighted by Crippen LogP contribution is 2.20. The zero-order valence-electron chi connectivity index (χ0n) is 16.7. The maximum absolute atomic E-state index is 13.0. The van der Waals surface area contributed by atoms with Crippen molar-refractivity contribution < 1.29 is 13.9 Å². The lowest BCUT2D eigenvalue weighted by Gasteiger charge is -2.31. The van der Waals surface area contributed by atoms with Gasteiger partial charge in [0, 0.05) is 19.0 Å². The van der Waals surface area contributed by atoms with E-state index in [0.717, 1.165) is 49.4 Å². The zero-order valence-corrected chi connectivity index (χ0v) is 16.7. The fourth-order valence-electron chi connectivity index (χ4n) is 3.54. The van der Waals surface area contributed by atoms with Crippen molar-refractivity contribution in [3.63, 3.8) is 0 Å². The van der Waals surface area contributed by atoms with Crippen molar-refractivity contribution in [2.75, 3.05) is 13.1 Å². The maximum Gasteiger partial charge on any atom is 0.223 e. The van der Waals surface area contributed by atoms with E-state index in [2.05, 4.69) is 10.2 Å². The number of amides is 1. The van der Waals surface area contributed by atoms with Gasteiger partial charge in [-0.1, -0.05) is 24.3 Å². The molecule has 1 aliphatic rings. The molecule has 5 heteroatoms. The van der Waals surface area contributed by atoms with Crippen molar-refractivity contribution in [3.8, 4) is 5.75 Å². The van der Waals surface area contributed by atoms with Crippen LogP contribution in [0.5, 0.6) is 5.75 Å². The molecule has 1 N–H and O–H groups in total. The van der Waals surface area contributed by atoms with Crippen molar-refractivity contribution in [1.29, 1.82) is 0 Å². The van der Waals surface area contributed by atoms with E-state index in [-0.39, 0.29) is 23.7 Å². The van der Waals surface area contributed by atoms with Crippen LogP contribution in [0.2, 0.25) is 0 Å². The molecule has 0 aromatic heterocycles. The number of benzene rings is 2. The van der Waals surface area contributed by atoms with Crippen LogP contribution in [-0.2, 0) is 17.9 Å². The first-order valence-electron chi connectivity index (χ1n) is 9.99. The van der Waals surface area contributed by atoms with Crippen LogP contribution in [0.3, 0.4) is 0 Å². The summed E-state index contributed by atoms with van der Waals surface area (Å²) in [7, 11) is 0. The van der Waals surface area contributed by atoms with Crippen LogP contribution < -0.4 is 10.1 Å². The summed E-state index contributed by atoms with van der Waals surface area (Å²) in [5.74, 6) is 0.799. The zero-order chi connectivity index (χ0) is 19.9. The summed E-state index contributed by atoms with van der Waals surface area (Å²) >= 11 is 0.